The molecular formula is C14H22. The van der Waals surface area contributed by atoms with Gasteiger partial charge in [0.25, 0.3) is 0 Å². The fraction of sp³-hybridized carbons (Fsp3) is 0.571. The van der Waals surface area contributed by atoms with Crippen LogP contribution in [0, 0.1) is 19.8 Å². The number of aryl methyl sites for hydroxylation is 2. The predicted octanol–water partition coefficient (Wildman–Crippen LogP) is 4.24. The van der Waals surface area contributed by atoms with Crippen LogP contribution in [0.25, 0.3) is 0 Å². The monoisotopic (exact) mass is 190 g/mol. The van der Waals surface area contributed by atoms with Crippen molar-refractivity contribution in [1.82, 2.24) is 0 Å². The van der Waals surface area contributed by atoms with Gasteiger partial charge in [0, 0.05) is 0 Å². The highest BCUT2D eigenvalue weighted by atomic mass is 14.3. The van der Waals surface area contributed by atoms with Gasteiger partial charge in [-0.05, 0) is 41.9 Å². The third kappa shape index (κ3) is 2.00. The number of hydrogen-bond acceptors (Lipinski definition) is 0. The lowest BCUT2D eigenvalue weighted by Gasteiger charge is -2.30. The largest absolute Gasteiger partial charge is 0.0619 e. The van der Waals surface area contributed by atoms with E-state index in [9.17, 15) is 0 Å². The summed E-state index contributed by atoms with van der Waals surface area (Å²) in [5.74, 6) is 0.671. The fourth-order valence-corrected chi connectivity index (χ4v) is 1.48. The van der Waals surface area contributed by atoms with Crippen molar-refractivity contribution in [1.29, 1.82) is 0 Å². The van der Waals surface area contributed by atoms with E-state index in [0.717, 1.165) is 0 Å². The molecule has 0 spiro atoms. The Bertz CT molecular complexity index is 319. The molecule has 0 aromatic heterocycles. The molecule has 0 N–H and O–H groups in total. The summed E-state index contributed by atoms with van der Waals surface area (Å²) in [6.07, 6.45) is 0. The summed E-state index contributed by atoms with van der Waals surface area (Å²) in [5.41, 5.74) is 4.51. The van der Waals surface area contributed by atoms with Crippen LogP contribution in [0.5, 0.6) is 0 Å². The van der Waals surface area contributed by atoms with Crippen LogP contribution in [0.3, 0.4) is 0 Å². The molecule has 0 heteroatoms. The quantitative estimate of drug-likeness (QED) is 0.654. The van der Waals surface area contributed by atoms with E-state index in [1.54, 1.807) is 0 Å². The zero-order valence-electron chi connectivity index (χ0n) is 10.3. The molecule has 1 aromatic rings. The molecule has 0 atom stereocenters. The van der Waals surface area contributed by atoms with E-state index in [1.807, 2.05) is 0 Å². The van der Waals surface area contributed by atoms with Crippen LogP contribution >= 0.6 is 0 Å². The topological polar surface area (TPSA) is 0 Å². The van der Waals surface area contributed by atoms with E-state index in [1.165, 1.54) is 16.7 Å². The van der Waals surface area contributed by atoms with Crippen LogP contribution in [0.2, 0.25) is 0 Å². The lowest BCUT2D eigenvalue weighted by atomic mass is 9.74. The Morgan fingerprint density at radius 1 is 1.00 bits per heavy atom. The molecule has 0 fully saturated rings. The van der Waals surface area contributed by atoms with Crippen molar-refractivity contribution >= 4 is 0 Å². The first-order chi connectivity index (χ1) is 6.35. The number of rotatable bonds is 2. The van der Waals surface area contributed by atoms with Crippen molar-refractivity contribution in [2.75, 3.05) is 0 Å². The van der Waals surface area contributed by atoms with Crippen LogP contribution in [0.15, 0.2) is 18.2 Å². The van der Waals surface area contributed by atoms with Crippen molar-refractivity contribution in [3.05, 3.63) is 34.9 Å². The summed E-state index contributed by atoms with van der Waals surface area (Å²) in [6.45, 7) is 13.6. The Kier molecular flexibility index (Phi) is 3.04. The molecule has 78 valence electrons. The van der Waals surface area contributed by atoms with E-state index < -0.39 is 0 Å². The maximum atomic E-state index is 2.33. The molecule has 0 aliphatic rings. The first kappa shape index (κ1) is 11.3. The molecule has 0 saturated carbocycles. The van der Waals surface area contributed by atoms with Gasteiger partial charge < -0.3 is 0 Å². The lowest BCUT2D eigenvalue weighted by Crippen LogP contribution is -2.24. The van der Waals surface area contributed by atoms with E-state index >= 15 is 0 Å². The molecule has 1 rings (SSSR count). The van der Waals surface area contributed by atoms with E-state index in [0.29, 0.717) is 5.92 Å². The minimum atomic E-state index is 0.276. The van der Waals surface area contributed by atoms with E-state index in [2.05, 4.69) is 59.7 Å². The molecule has 0 amide bonds. The Balaban J connectivity index is 3.14. The molecular weight excluding hydrogens is 168 g/mol. The molecule has 0 unspecified atom stereocenters. The summed E-state index contributed by atoms with van der Waals surface area (Å²) in [6, 6.07) is 6.83. The van der Waals surface area contributed by atoms with Gasteiger partial charge in [0.2, 0.25) is 0 Å². The maximum Gasteiger partial charge on any atom is -0.00805 e. The molecule has 0 heterocycles. The summed E-state index contributed by atoms with van der Waals surface area (Å²) < 4.78 is 0. The molecule has 1 aromatic carbocycles. The molecule has 0 aliphatic carbocycles. The van der Waals surface area contributed by atoms with Crippen LogP contribution in [-0.2, 0) is 5.41 Å². The van der Waals surface area contributed by atoms with Gasteiger partial charge in [0.05, 0.1) is 0 Å². The third-order valence-electron chi connectivity index (χ3n) is 3.69. The van der Waals surface area contributed by atoms with E-state index in [4.69, 9.17) is 0 Å². The van der Waals surface area contributed by atoms with Crippen LogP contribution in [0.1, 0.15) is 44.4 Å². The lowest BCUT2D eigenvalue weighted by molar-refractivity contribution is 0.372. The van der Waals surface area contributed by atoms with Crippen molar-refractivity contribution in [2.45, 2.75) is 47.0 Å². The molecule has 0 radical (unpaired) electrons. The van der Waals surface area contributed by atoms with Gasteiger partial charge in [-0.25, -0.2) is 0 Å². The smallest absolute Gasteiger partial charge is 0.00805 e. The fourth-order valence-electron chi connectivity index (χ4n) is 1.48. The standard InChI is InChI=1S/C14H22/c1-10(2)14(5,6)13-8-7-11(3)12(4)9-13/h7-10H,1-6H3. The van der Waals surface area contributed by atoms with Gasteiger partial charge in [0.1, 0.15) is 0 Å². The first-order valence-electron chi connectivity index (χ1n) is 5.43. The maximum absolute atomic E-state index is 2.33. The van der Waals surface area contributed by atoms with Crippen molar-refractivity contribution in [3.63, 3.8) is 0 Å². The van der Waals surface area contributed by atoms with Crippen LogP contribution in [-0.4, -0.2) is 0 Å². The van der Waals surface area contributed by atoms with Gasteiger partial charge >= 0.3 is 0 Å². The summed E-state index contributed by atoms with van der Waals surface area (Å²) in [5, 5.41) is 0. The Morgan fingerprint density at radius 2 is 1.57 bits per heavy atom. The molecule has 14 heavy (non-hydrogen) atoms. The highest BCUT2D eigenvalue weighted by Gasteiger charge is 2.24. The number of hydrogen-bond donors (Lipinski definition) is 0. The summed E-state index contributed by atoms with van der Waals surface area (Å²) in [4.78, 5) is 0. The Morgan fingerprint density at radius 3 is 2.00 bits per heavy atom. The average molecular weight is 190 g/mol. The molecule has 0 nitrogen and oxygen atoms in total. The van der Waals surface area contributed by atoms with Gasteiger partial charge in [-0.2, -0.15) is 0 Å². The highest BCUT2D eigenvalue weighted by Crippen LogP contribution is 2.32. The summed E-state index contributed by atoms with van der Waals surface area (Å²) in [7, 11) is 0. The zero-order valence-corrected chi connectivity index (χ0v) is 10.3. The van der Waals surface area contributed by atoms with Gasteiger partial charge in [0.15, 0.2) is 0 Å². The molecule has 0 saturated heterocycles. The van der Waals surface area contributed by atoms with Gasteiger partial charge in [-0.15, -0.1) is 0 Å². The van der Waals surface area contributed by atoms with Gasteiger partial charge in [-0.1, -0.05) is 45.9 Å². The van der Waals surface area contributed by atoms with Gasteiger partial charge in [-0.3, -0.25) is 0 Å². The van der Waals surface area contributed by atoms with Crippen molar-refractivity contribution in [3.8, 4) is 0 Å². The second-order valence-corrected chi connectivity index (χ2v) is 5.18. The van der Waals surface area contributed by atoms with E-state index in [-0.39, 0.29) is 5.41 Å². The second-order valence-electron chi connectivity index (χ2n) is 5.18. The summed E-state index contributed by atoms with van der Waals surface area (Å²) >= 11 is 0. The second kappa shape index (κ2) is 3.76. The third-order valence-corrected chi connectivity index (χ3v) is 3.69. The van der Waals surface area contributed by atoms with Crippen LogP contribution in [0.4, 0.5) is 0 Å². The minimum absolute atomic E-state index is 0.276. The number of benzene rings is 1. The highest BCUT2D eigenvalue weighted by molar-refractivity contribution is 5.34. The van der Waals surface area contributed by atoms with Crippen molar-refractivity contribution in [2.24, 2.45) is 5.92 Å². The average Bonchev–Trinajstić information content (AvgIpc) is 2.09. The molecule has 0 aliphatic heterocycles. The minimum Gasteiger partial charge on any atom is -0.0619 e. The Labute approximate surface area is 88.4 Å². The SMILES string of the molecule is Cc1ccc(C(C)(C)C(C)C)cc1C. The molecule has 0 bridgehead atoms. The van der Waals surface area contributed by atoms with Crippen LogP contribution < -0.4 is 0 Å². The predicted molar refractivity (Wildman–Crippen MR) is 63.8 cm³/mol. The zero-order chi connectivity index (χ0) is 10.9. The first-order valence-corrected chi connectivity index (χ1v) is 5.43. The Hall–Kier alpha value is -0.780. The van der Waals surface area contributed by atoms with Crippen molar-refractivity contribution < 1.29 is 0 Å². The normalized spacial score (nSPS) is 12.2.